The molecule has 0 atom stereocenters. The number of nitrogens with one attached hydrogen (secondary N) is 1. The van der Waals surface area contributed by atoms with Crippen molar-refractivity contribution in [1.82, 2.24) is 10.3 Å². The number of fused-ring (bicyclic) bond motifs is 1. The topological polar surface area (TPSA) is 65.8 Å². The second kappa shape index (κ2) is 4.58. The first-order valence-corrected chi connectivity index (χ1v) is 5.51. The molecule has 1 N–H and O–H groups in total. The summed E-state index contributed by atoms with van der Waals surface area (Å²) in [4.78, 5) is 4.17. The van der Waals surface area contributed by atoms with E-state index in [1.54, 1.807) is 24.5 Å². The summed E-state index contributed by atoms with van der Waals surface area (Å²) in [6.07, 6.45) is 1.76. The molecular formula is C12H12N2O4. The van der Waals surface area contributed by atoms with Crippen LogP contribution in [0.5, 0.6) is 23.3 Å². The smallest absolute Gasteiger partial charge is 0.399 e. The van der Waals surface area contributed by atoms with Crippen molar-refractivity contribution in [2.24, 2.45) is 0 Å². The van der Waals surface area contributed by atoms with Crippen molar-refractivity contribution in [1.29, 1.82) is 0 Å². The van der Waals surface area contributed by atoms with E-state index < -0.39 is 0 Å². The molecule has 0 fully saturated rings. The first-order valence-electron chi connectivity index (χ1n) is 5.51. The molecule has 3 rings (SSSR count). The van der Waals surface area contributed by atoms with Crippen molar-refractivity contribution < 1.29 is 18.6 Å². The summed E-state index contributed by atoms with van der Waals surface area (Å²) >= 11 is 0. The van der Waals surface area contributed by atoms with Crippen molar-refractivity contribution in [3.05, 3.63) is 30.2 Å². The van der Waals surface area contributed by atoms with Crippen LogP contribution in [0.15, 0.2) is 28.9 Å². The largest absolute Gasteiger partial charge is 0.454 e. The number of ether oxygens (including phenoxy) is 3. The van der Waals surface area contributed by atoms with Crippen LogP contribution in [0.4, 0.5) is 0 Å². The lowest BCUT2D eigenvalue weighted by Gasteiger charge is -2.01. The van der Waals surface area contributed by atoms with Gasteiger partial charge in [0.25, 0.3) is 0 Å². The molecule has 1 aromatic heterocycles. The second-order valence-electron chi connectivity index (χ2n) is 3.75. The quantitative estimate of drug-likeness (QED) is 0.891. The Morgan fingerprint density at radius 2 is 2.22 bits per heavy atom. The van der Waals surface area contributed by atoms with Gasteiger partial charge < -0.3 is 23.9 Å². The number of hydrogen-bond donors (Lipinski definition) is 1. The molecule has 2 aromatic rings. The van der Waals surface area contributed by atoms with Crippen LogP contribution in [0, 0.1) is 0 Å². The van der Waals surface area contributed by atoms with E-state index in [4.69, 9.17) is 18.6 Å². The zero-order valence-electron chi connectivity index (χ0n) is 9.80. The summed E-state index contributed by atoms with van der Waals surface area (Å²) in [6, 6.07) is 5.30. The molecule has 0 amide bonds. The molecule has 2 heterocycles. The Morgan fingerprint density at radius 3 is 3.11 bits per heavy atom. The van der Waals surface area contributed by atoms with E-state index in [2.05, 4.69) is 10.3 Å². The highest BCUT2D eigenvalue weighted by Crippen LogP contribution is 2.36. The highest BCUT2D eigenvalue weighted by molar-refractivity contribution is 5.47. The van der Waals surface area contributed by atoms with Gasteiger partial charge in [0, 0.05) is 12.6 Å². The molecule has 1 aliphatic rings. The average Bonchev–Trinajstić information content (AvgIpc) is 2.98. The fourth-order valence-corrected chi connectivity index (χ4v) is 1.64. The van der Waals surface area contributed by atoms with Gasteiger partial charge in [-0.05, 0) is 19.2 Å². The van der Waals surface area contributed by atoms with E-state index in [1.807, 2.05) is 7.05 Å². The normalized spacial score (nSPS) is 12.7. The molecule has 0 spiro atoms. The molecule has 1 aromatic carbocycles. The Morgan fingerprint density at radius 1 is 1.33 bits per heavy atom. The minimum Gasteiger partial charge on any atom is -0.454 e. The Labute approximate surface area is 103 Å². The Hall–Kier alpha value is -2.21. The van der Waals surface area contributed by atoms with Gasteiger partial charge in [-0.2, -0.15) is 4.98 Å². The van der Waals surface area contributed by atoms with Gasteiger partial charge in [-0.3, -0.25) is 0 Å². The van der Waals surface area contributed by atoms with Gasteiger partial charge >= 0.3 is 6.08 Å². The van der Waals surface area contributed by atoms with Crippen molar-refractivity contribution >= 4 is 0 Å². The summed E-state index contributed by atoms with van der Waals surface area (Å²) in [5.74, 6) is 1.97. The van der Waals surface area contributed by atoms with Gasteiger partial charge in [-0.15, -0.1) is 0 Å². The average molecular weight is 248 g/mol. The third-order valence-corrected chi connectivity index (χ3v) is 2.44. The minimum atomic E-state index is 0.208. The molecular weight excluding hydrogens is 236 g/mol. The van der Waals surface area contributed by atoms with Gasteiger partial charge in [0.1, 0.15) is 12.0 Å². The standard InChI is InChI=1S/C12H12N2O4/c1-13-5-8-6-15-12(14-8)18-9-2-3-10-11(4-9)17-7-16-10/h2-4,6,13H,5,7H2,1H3. The first kappa shape index (κ1) is 10.9. The monoisotopic (exact) mass is 248 g/mol. The van der Waals surface area contributed by atoms with Crippen molar-refractivity contribution in [3.63, 3.8) is 0 Å². The van der Waals surface area contributed by atoms with Crippen LogP contribution in [0.3, 0.4) is 0 Å². The molecule has 0 unspecified atom stereocenters. The molecule has 0 saturated heterocycles. The van der Waals surface area contributed by atoms with Crippen LogP contribution < -0.4 is 19.5 Å². The number of rotatable bonds is 4. The van der Waals surface area contributed by atoms with Gasteiger partial charge in [-0.1, -0.05) is 0 Å². The minimum absolute atomic E-state index is 0.208. The molecule has 0 aliphatic carbocycles. The van der Waals surface area contributed by atoms with E-state index in [0.717, 1.165) is 5.69 Å². The summed E-state index contributed by atoms with van der Waals surface area (Å²) in [5, 5.41) is 2.98. The highest BCUT2D eigenvalue weighted by atomic mass is 16.7. The molecule has 18 heavy (non-hydrogen) atoms. The van der Waals surface area contributed by atoms with E-state index in [1.165, 1.54) is 0 Å². The molecule has 1 aliphatic heterocycles. The van der Waals surface area contributed by atoms with Gasteiger partial charge in [-0.25, -0.2) is 0 Å². The molecule has 0 bridgehead atoms. The fourth-order valence-electron chi connectivity index (χ4n) is 1.64. The zero-order chi connectivity index (χ0) is 12.4. The van der Waals surface area contributed by atoms with Crippen molar-refractivity contribution in [2.75, 3.05) is 13.8 Å². The number of benzene rings is 1. The number of nitrogens with zero attached hydrogens (tertiary/aromatic N) is 1. The highest BCUT2D eigenvalue weighted by Gasteiger charge is 2.15. The Bertz CT molecular complexity index is 553. The number of oxazole rings is 1. The maximum absolute atomic E-state index is 5.49. The lowest BCUT2D eigenvalue weighted by atomic mass is 10.3. The third-order valence-electron chi connectivity index (χ3n) is 2.44. The maximum atomic E-state index is 5.49. The summed E-state index contributed by atoms with van der Waals surface area (Å²) in [5.41, 5.74) is 0.785. The molecule has 0 radical (unpaired) electrons. The summed E-state index contributed by atoms with van der Waals surface area (Å²) < 4.78 is 21.2. The third kappa shape index (κ3) is 2.10. The van der Waals surface area contributed by atoms with E-state index in [0.29, 0.717) is 23.8 Å². The van der Waals surface area contributed by atoms with Crippen LogP contribution in [-0.4, -0.2) is 18.8 Å². The number of hydrogen-bond acceptors (Lipinski definition) is 6. The Kier molecular flexibility index (Phi) is 2.77. The van der Waals surface area contributed by atoms with Gasteiger partial charge in [0.15, 0.2) is 11.5 Å². The zero-order valence-corrected chi connectivity index (χ0v) is 9.80. The van der Waals surface area contributed by atoms with Gasteiger partial charge in [0.05, 0.1) is 5.69 Å². The van der Waals surface area contributed by atoms with Crippen LogP contribution in [0.1, 0.15) is 5.69 Å². The maximum Gasteiger partial charge on any atom is 0.399 e. The fraction of sp³-hybridized carbons (Fsp3) is 0.250. The molecule has 94 valence electrons. The molecule has 0 saturated carbocycles. The second-order valence-corrected chi connectivity index (χ2v) is 3.75. The Balaban J connectivity index is 1.75. The van der Waals surface area contributed by atoms with Crippen molar-refractivity contribution in [3.8, 4) is 23.3 Å². The van der Waals surface area contributed by atoms with E-state index in [-0.39, 0.29) is 12.9 Å². The molecule has 6 nitrogen and oxygen atoms in total. The van der Waals surface area contributed by atoms with Crippen LogP contribution in [0.25, 0.3) is 0 Å². The van der Waals surface area contributed by atoms with E-state index >= 15 is 0 Å². The first-order chi connectivity index (χ1) is 8.85. The number of aromatic nitrogens is 1. The van der Waals surface area contributed by atoms with Crippen molar-refractivity contribution in [2.45, 2.75) is 6.54 Å². The van der Waals surface area contributed by atoms with Crippen LogP contribution in [-0.2, 0) is 6.54 Å². The van der Waals surface area contributed by atoms with Crippen LogP contribution in [0.2, 0.25) is 0 Å². The molecule has 6 heteroatoms. The summed E-state index contributed by atoms with van der Waals surface area (Å²) in [6.45, 7) is 0.873. The van der Waals surface area contributed by atoms with Gasteiger partial charge in [0.2, 0.25) is 6.79 Å². The predicted molar refractivity (Wildman–Crippen MR) is 61.9 cm³/mol. The SMILES string of the molecule is CNCc1coc(Oc2ccc3c(c2)OCO3)n1. The lowest BCUT2D eigenvalue weighted by molar-refractivity contribution is 0.174. The van der Waals surface area contributed by atoms with E-state index in [9.17, 15) is 0 Å². The summed E-state index contributed by atoms with van der Waals surface area (Å²) in [7, 11) is 1.84. The van der Waals surface area contributed by atoms with Crippen LogP contribution >= 0.6 is 0 Å². The predicted octanol–water partition coefficient (Wildman–Crippen LogP) is 1.91. The lowest BCUT2D eigenvalue weighted by Crippen LogP contribution is -2.04.